The second kappa shape index (κ2) is 7.53. The summed E-state index contributed by atoms with van der Waals surface area (Å²) in [6.07, 6.45) is 2.48. The first-order valence-corrected chi connectivity index (χ1v) is 7.86. The summed E-state index contributed by atoms with van der Waals surface area (Å²) in [6.45, 7) is 10.1. The summed E-state index contributed by atoms with van der Waals surface area (Å²) in [4.78, 5) is 0. The maximum Gasteiger partial charge on any atom is 0.161 e. The van der Waals surface area contributed by atoms with Gasteiger partial charge >= 0.3 is 0 Å². The van der Waals surface area contributed by atoms with E-state index in [2.05, 4.69) is 44.3 Å². The second-order valence-electron chi connectivity index (χ2n) is 5.58. The van der Waals surface area contributed by atoms with E-state index < -0.39 is 0 Å². The van der Waals surface area contributed by atoms with E-state index >= 15 is 0 Å². The van der Waals surface area contributed by atoms with Crippen LogP contribution in [0.4, 0.5) is 0 Å². The van der Waals surface area contributed by atoms with Gasteiger partial charge in [-0.2, -0.15) is 0 Å². The number of rotatable bonds is 7. The van der Waals surface area contributed by atoms with Crippen molar-refractivity contribution in [2.45, 2.75) is 39.5 Å². The molecule has 1 aromatic carbocycles. The molecule has 112 valence electrons. The molecule has 0 saturated carbocycles. The van der Waals surface area contributed by atoms with E-state index in [0.717, 1.165) is 24.6 Å². The summed E-state index contributed by atoms with van der Waals surface area (Å²) >= 11 is 0. The smallest absolute Gasteiger partial charge is 0.161 e. The van der Waals surface area contributed by atoms with Gasteiger partial charge in [0.2, 0.25) is 0 Å². The fraction of sp³-hybridized carbons (Fsp3) is 0.647. The molecule has 0 aromatic heterocycles. The molecule has 2 unspecified atom stereocenters. The summed E-state index contributed by atoms with van der Waals surface area (Å²) < 4.78 is 11.3. The van der Waals surface area contributed by atoms with Crippen molar-refractivity contribution in [2.24, 2.45) is 5.92 Å². The Morgan fingerprint density at radius 3 is 2.60 bits per heavy atom. The predicted octanol–water partition coefficient (Wildman–Crippen LogP) is 3.59. The third-order valence-electron chi connectivity index (χ3n) is 4.04. The van der Waals surface area contributed by atoms with E-state index in [0.29, 0.717) is 25.0 Å². The molecule has 1 aliphatic rings. The summed E-state index contributed by atoms with van der Waals surface area (Å²) in [5, 5.41) is 3.49. The zero-order valence-corrected chi connectivity index (χ0v) is 12.9. The van der Waals surface area contributed by atoms with Gasteiger partial charge in [0.25, 0.3) is 0 Å². The van der Waals surface area contributed by atoms with Gasteiger partial charge in [0, 0.05) is 6.54 Å². The van der Waals surface area contributed by atoms with Gasteiger partial charge in [0.15, 0.2) is 11.5 Å². The minimum Gasteiger partial charge on any atom is -0.486 e. The third-order valence-corrected chi connectivity index (χ3v) is 4.04. The fourth-order valence-electron chi connectivity index (χ4n) is 2.89. The van der Waals surface area contributed by atoms with Crippen molar-refractivity contribution in [3.05, 3.63) is 23.8 Å². The standard InChI is InChI=1S/C17H27NO2/c1-4-6-13(3)15(12-18-5-2)14-7-8-16-17(11-14)20-10-9-19-16/h7-8,11,13,15,18H,4-6,9-10,12H2,1-3H3. The zero-order chi connectivity index (χ0) is 14.4. The minimum absolute atomic E-state index is 0.533. The normalized spacial score (nSPS) is 16.8. The van der Waals surface area contributed by atoms with Crippen LogP contribution in [-0.4, -0.2) is 26.3 Å². The number of likely N-dealkylation sites (N-methyl/N-ethyl adjacent to an activating group) is 1. The monoisotopic (exact) mass is 277 g/mol. The van der Waals surface area contributed by atoms with Crippen LogP contribution in [0.5, 0.6) is 11.5 Å². The molecule has 3 heteroatoms. The number of hydrogen-bond donors (Lipinski definition) is 1. The summed E-state index contributed by atoms with van der Waals surface area (Å²) in [5.41, 5.74) is 1.36. The first-order valence-electron chi connectivity index (χ1n) is 7.86. The van der Waals surface area contributed by atoms with Crippen LogP contribution in [0.2, 0.25) is 0 Å². The number of nitrogens with one attached hydrogen (secondary N) is 1. The van der Waals surface area contributed by atoms with Gasteiger partial charge in [-0.1, -0.05) is 39.7 Å². The molecule has 2 rings (SSSR count). The van der Waals surface area contributed by atoms with Crippen molar-refractivity contribution >= 4 is 0 Å². The van der Waals surface area contributed by atoms with Crippen molar-refractivity contribution in [3.8, 4) is 11.5 Å². The lowest BCUT2D eigenvalue weighted by atomic mass is 9.84. The summed E-state index contributed by atoms with van der Waals surface area (Å²) in [6, 6.07) is 6.42. The largest absolute Gasteiger partial charge is 0.486 e. The van der Waals surface area contributed by atoms with Gasteiger partial charge in [-0.15, -0.1) is 0 Å². The second-order valence-corrected chi connectivity index (χ2v) is 5.58. The molecule has 0 aliphatic carbocycles. The Morgan fingerprint density at radius 2 is 1.90 bits per heavy atom. The quantitative estimate of drug-likeness (QED) is 0.826. The van der Waals surface area contributed by atoms with Crippen LogP contribution in [0.25, 0.3) is 0 Å². The molecule has 0 radical (unpaired) electrons. The lowest BCUT2D eigenvalue weighted by Crippen LogP contribution is -2.26. The molecule has 0 saturated heterocycles. The topological polar surface area (TPSA) is 30.5 Å². The molecule has 2 atom stereocenters. The van der Waals surface area contributed by atoms with Crippen molar-refractivity contribution < 1.29 is 9.47 Å². The molecule has 1 heterocycles. The first kappa shape index (κ1) is 15.2. The Morgan fingerprint density at radius 1 is 1.15 bits per heavy atom. The van der Waals surface area contributed by atoms with E-state index in [4.69, 9.17) is 9.47 Å². The Labute approximate surface area is 122 Å². The molecule has 0 amide bonds. The van der Waals surface area contributed by atoms with E-state index in [-0.39, 0.29) is 0 Å². The van der Waals surface area contributed by atoms with Gasteiger partial charge in [-0.05, 0) is 36.1 Å². The average Bonchev–Trinajstić information content (AvgIpc) is 2.48. The molecule has 0 bridgehead atoms. The van der Waals surface area contributed by atoms with Gasteiger partial charge in [0.1, 0.15) is 13.2 Å². The van der Waals surface area contributed by atoms with E-state index in [1.165, 1.54) is 18.4 Å². The SMILES string of the molecule is CCCC(C)C(CNCC)c1ccc2c(c1)OCCO2. The highest BCUT2D eigenvalue weighted by atomic mass is 16.6. The van der Waals surface area contributed by atoms with Gasteiger partial charge in [0.05, 0.1) is 0 Å². The van der Waals surface area contributed by atoms with Crippen LogP contribution in [0.1, 0.15) is 45.1 Å². The number of ether oxygens (including phenoxy) is 2. The molecule has 1 aliphatic heterocycles. The highest BCUT2D eigenvalue weighted by Gasteiger charge is 2.21. The summed E-state index contributed by atoms with van der Waals surface area (Å²) in [5.74, 6) is 2.98. The summed E-state index contributed by atoms with van der Waals surface area (Å²) in [7, 11) is 0. The van der Waals surface area contributed by atoms with Crippen LogP contribution in [0.3, 0.4) is 0 Å². The van der Waals surface area contributed by atoms with Gasteiger partial charge < -0.3 is 14.8 Å². The van der Waals surface area contributed by atoms with Gasteiger partial charge in [-0.3, -0.25) is 0 Å². The Balaban J connectivity index is 2.18. The van der Waals surface area contributed by atoms with E-state index in [1.807, 2.05) is 0 Å². The molecule has 3 nitrogen and oxygen atoms in total. The molecule has 0 spiro atoms. The Kier molecular flexibility index (Phi) is 5.72. The maximum absolute atomic E-state index is 5.71. The van der Waals surface area contributed by atoms with Crippen LogP contribution in [0, 0.1) is 5.92 Å². The molecule has 20 heavy (non-hydrogen) atoms. The highest BCUT2D eigenvalue weighted by Crippen LogP contribution is 2.36. The minimum atomic E-state index is 0.533. The van der Waals surface area contributed by atoms with E-state index in [1.54, 1.807) is 0 Å². The molecular formula is C17H27NO2. The third kappa shape index (κ3) is 3.66. The maximum atomic E-state index is 5.71. The molecule has 0 fully saturated rings. The van der Waals surface area contributed by atoms with Crippen molar-refractivity contribution in [2.75, 3.05) is 26.3 Å². The lowest BCUT2D eigenvalue weighted by Gasteiger charge is -2.26. The molecule has 1 N–H and O–H groups in total. The molecule has 1 aromatic rings. The van der Waals surface area contributed by atoms with Crippen molar-refractivity contribution in [1.29, 1.82) is 0 Å². The fourth-order valence-corrected chi connectivity index (χ4v) is 2.89. The van der Waals surface area contributed by atoms with E-state index in [9.17, 15) is 0 Å². The van der Waals surface area contributed by atoms with Crippen LogP contribution < -0.4 is 14.8 Å². The number of fused-ring (bicyclic) bond motifs is 1. The predicted molar refractivity (Wildman–Crippen MR) is 82.8 cm³/mol. The van der Waals surface area contributed by atoms with Crippen LogP contribution in [0.15, 0.2) is 18.2 Å². The first-order chi connectivity index (χ1) is 9.76. The Hall–Kier alpha value is -1.22. The van der Waals surface area contributed by atoms with Crippen molar-refractivity contribution in [1.82, 2.24) is 5.32 Å². The lowest BCUT2D eigenvalue weighted by molar-refractivity contribution is 0.171. The van der Waals surface area contributed by atoms with Crippen LogP contribution in [-0.2, 0) is 0 Å². The zero-order valence-electron chi connectivity index (χ0n) is 12.9. The Bertz CT molecular complexity index is 419. The number of hydrogen-bond acceptors (Lipinski definition) is 3. The average molecular weight is 277 g/mol. The van der Waals surface area contributed by atoms with Crippen LogP contribution >= 0.6 is 0 Å². The van der Waals surface area contributed by atoms with Gasteiger partial charge in [-0.25, -0.2) is 0 Å². The molecular weight excluding hydrogens is 250 g/mol. The number of benzene rings is 1. The van der Waals surface area contributed by atoms with Crippen molar-refractivity contribution in [3.63, 3.8) is 0 Å². The highest BCUT2D eigenvalue weighted by molar-refractivity contribution is 5.45.